The SMILES string of the molecule is CC1(C)SC(=S)N(N=Cc2ccc(Cl)cc2)C1N(O)C(=O)Nc1ccc([N+](=O)[O-])cc1. The lowest BCUT2D eigenvalue weighted by Crippen LogP contribution is -2.54. The lowest BCUT2D eigenvalue weighted by atomic mass is 10.1. The first-order valence-corrected chi connectivity index (χ1v) is 10.5. The highest BCUT2D eigenvalue weighted by atomic mass is 35.5. The Hall–Kier alpha value is -2.73. The summed E-state index contributed by atoms with van der Waals surface area (Å²) in [6.07, 6.45) is 0.659. The van der Waals surface area contributed by atoms with Crippen molar-refractivity contribution in [2.45, 2.75) is 24.8 Å². The average Bonchev–Trinajstić information content (AvgIpc) is 2.94. The molecule has 0 saturated carbocycles. The van der Waals surface area contributed by atoms with E-state index in [1.54, 1.807) is 30.5 Å². The van der Waals surface area contributed by atoms with E-state index < -0.39 is 21.9 Å². The van der Waals surface area contributed by atoms with Gasteiger partial charge < -0.3 is 5.32 Å². The number of nitro groups is 1. The van der Waals surface area contributed by atoms with Gasteiger partial charge in [0.2, 0.25) is 0 Å². The molecular weight excluding hydrogens is 462 g/mol. The van der Waals surface area contributed by atoms with Crippen LogP contribution in [0.1, 0.15) is 19.4 Å². The van der Waals surface area contributed by atoms with Crippen molar-refractivity contribution in [3.8, 4) is 0 Å². The van der Waals surface area contributed by atoms with E-state index in [2.05, 4.69) is 10.4 Å². The van der Waals surface area contributed by atoms with Crippen molar-refractivity contribution < 1.29 is 14.9 Å². The van der Waals surface area contributed by atoms with Gasteiger partial charge in [0, 0.05) is 22.8 Å². The van der Waals surface area contributed by atoms with Crippen LogP contribution in [0.2, 0.25) is 5.02 Å². The first-order chi connectivity index (χ1) is 14.6. The normalized spacial score (nSPS) is 17.7. The number of hydrogen-bond donors (Lipinski definition) is 2. The quantitative estimate of drug-likeness (QED) is 0.205. The number of thiocarbonyl (C=S) groups is 1. The molecule has 31 heavy (non-hydrogen) atoms. The second kappa shape index (κ2) is 9.18. The van der Waals surface area contributed by atoms with Crippen LogP contribution in [-0.2, 0) is 0 Å². The summed E-state index contributed by atoms with van der Waals surface area (Å²) >= 11 is 12.6. The number of thioether (sulfide) groups is 1. The van der Waals surface area contributed by atoms with Crippen LogP contribution in [0.15, 0.2) is 53.6 Å². The standard InChI is InChI=1S/C19H18ClN5O4S2/c1-19(2)16(23(18(30)31-19)21-11-12-3-5-13(20)6-4-12)24(27)17(26)22-14-7-9-15(10-8-14)25(28)29/h3-11,16,27H,1-2H3,(H,22,26). The number of carbonyl (C=O) groups excluding carboxylic acids is 1. The number of hydroxylamine groups is 2. The molecular formula is C19H18ClN5O4S2. The number of non-ortho nitro benzene ring substituents is 1. The molecule has 1 atom stereocenters. The van der Waals surface area contributed by atoms with Crippen LogP contribution in [-0.4, -0.2) is 47.7 Å². The van der Waals surface area contributed by atoms with Gasteiger partial charge in [-0.05, 0) is 43.7 Å². The number of nitrogens with zero attached hydrogens (tertiary/aromatic N) is 4. The number of anilines is 1. The van der Waals surface area contributed by atoms with Crippen LogP contribution in [0.25, 0.3) is 0 Å². The highest BCUT2D eigenvalue weighted by Crippen LogP contribution is 2.42. The fourth-order valence-electron chi connectivity index (χ4n) is 2.86. The Morgan fingerprint density at radius 3 is 2.52 bits per heavy atom. The zero-order valence-electron chi connectivity index (χ0n) is 16.4. The number of urea groups is 1. The van der Waals surface area contributed by atoms with Gasteiger partial charge in [0.25, 0.3) is 5.69 Å². The lowest BCUT2D eigenvalue weighted by molar-refractivity contribution is -0.384. The van der Waals surface area contributed by atoms with Gasteiger partial charge in [-0.3, -0.25) is 15.3 Å². The molecule has 1 heterocycles. The van der Waals surface area contributed by atoms with Crippen molar-refractivity contribution >= 4 is 63.5 Å². The third-order valence-corrected chi connectivity index (χ3v) is 6.15. The fraction of sp³-hybridized carbons (Fsp3) is 0.211. The van der Waals surface area contributed by atoms with Crippen LogP contribution < -0.4 is 5.32 Å². The van der Waals surface area contributed by atoms with Crippen LogP contribution in [0.4, 0.5) is 16.2 Å². The Labute approximate surface area is 192 Å². The number of hydrazone groups is 1. The lowest BCUT2D eigenvalue weighted by Gasteiger charge is -2.34. The van der Waals surface area contributed by atoms with E-state index >= 15 is 0 Å². The van der Waals surface area contributed by atoms with Crippen molar-refractivity contribution in [1.82, 2.24) is 10.1 Å². The summed E-state index contributed by atoms with van der Waals surface area (Å²) in [6, 6.07) is 11.4. The predicted molar refractivity (Wildman–Crippen MR) is 125 cm³/mol. The molecule has 1 aliphatic heterocycles. The average molecular weight is 480 g/mol. The van der Waals surface area contributed by atoms with Gasteiger partial charge >= 0.3 is 6.03 Å². The topological polar surface area (TPSA) is 111 Å². The summed E-state index contributed by atoms with van der Waals surface area (Å²) in [5.41, 5.74) is 0.942. The number of halogens is 1. The van der Waals surface area contributed by atoms with E-state index in [4.69, 9.17) is 23.8 Å². The molecule has 2 N–H and O–H groups in total. The molecule has 2 amide bonds. The summed E-state index contributed by atoms with van der Waals surface area (Å²) in [5, 5.41) is 30.8. The van der Waals surface area contributed by atoms with Crippen molar-refractivity contribution in [2.75, 3.05) is 5.32 Å². The Kier molecular flexibility index (Phi) is 6.80. The Balaban J connectivity index is 1.78. The maximum absolute atomic E-state index is 12.7. The van der Waals surface area contributed by atoms with Gasteiger partial charge in [-0.15, -0.1) is 0 Å². The molecule has 162 valence electrons. The van der Waals surface area contributed by atoms with Crippen LogP contribution in [0.5, 0.6) is 0 Å². The van der Waals surface area contributed by atoms with Gasteiger partial charge in [-0.25, -0.2) is 9.80 Å². The largest absolute Gasteiger partial charge is 0.347 e. The maximum Gasteiger partial charge on any atom is 0.347 e. The van der Waals surface area contributed by atoms with Crippen molar-refractivity contribution in [2.24, 2.45) is 5.10 Å². The Morgan fingerprint density at radius 1 is 1.32 bits per heavy atom. The summed E-state index contributed by atoms with van der Waals surface area (Å²) < 4.78 is -0.280. The van der Waals surface area contributed by atoms with Crippen LogP contribution in [0, 0.1) is 10.1 Å². The van der Waals surface area contributed by atoms with Gasteiger partial charge in [0.15, 0.2) is 10.5 Å². The molecule has 0 aliphatic carbocycles. The minimum absolute atomic E-state index is 0.111. The molecule has 2 aromatic rings. The fourth-order valence-corrected chi connectivity index (χ4v) is 4.78. The number of hydrogen-bond acceptors (Lipinski definition) is 7. The molecule has 0 aromatic heterocycles. The van der Waals surface area contributed by atoms with Crippen LogP contribution >= 0.6 is 35.6 Å². The highest BCUT2D eigenvalue weighted by molar-refractivity contribution is 8.24. The summed E-state index contributed by atoms with van der Waals surface area (Å²) in [4.78, 5) is 22.9. The smallest absolute Gasteiger partial charge is 0.306 e. The zero-order chi connectivity index (χ0) is 22.8. The summed E-state index contributed by atoms with van der Waals surface area (Å²) in [7, 11) is 0. The molecule has 3 rings (SSSR count). The van der Waals surface area contributed by atoms with E-state index in [1.165, 1.54) is 41.0 Å². The molecule has 12 heteroatoms. The minimum Gasteiger partial charge on any atom is -0.306 e. The Bertz CT molecular complexity index is 1030. The third kappa shape index (κ3) is 5.31. The number of nitrogens with one attached hydrogen (secondary N) is 1. The van der Waals surface area contributed by atoms with E-state index in [0.29, 0.717) is 14.4 Å². The number of nitro benzene ring substituents is 1. The third-order valence-electron chi connectivity index (χ3n) is 4.36. The second-order valence-corrected chi connectivity index (χ2v) is 9.79. The van der Waals surface area contributed by atoms with E-state index in [0.717, 1.165) is 5.56 Å². The number of benzene rings is 2. The number of amides is 2. The van der Waals surface area contributed by atoms with Gasteiger partial charge in [0.1, 0.15) is 0 Å². The van der Waals surface area contributed by atoms with Gasteiger partial charge in [-0.2, -0.15) is 10.2 Å². The van der Waals surface area contributed by atoms with Crippen molar-refractivity contribution in [3.63, 3.8) is 0 Å². The number of carbonyl (C=O) groups is 1. The van der Waals surface area contributed by atoms with Gasteiger partial charge in [0.05, 0.1) is 15.9 Å². The van der Waals surface area contributed by atoms with Crippen LogP contribution in [0.3, 0.4) is 0 Å². The molecule has 2 aromatic carbocycles. The number of rotatable bonds is 5. The van der Waals surface area contributed by atoms with E-state index in [-0.39, 0.29) is 11.4 Å². The molecule has 0 bridgehead atoms. The molecule has 1 saturated heterocycles. The zero-order valence-corrected chi connectivity index (χ0v) is 18.8. The first kappa shape index (κ1) is 22.9. The predicted octanol–water partition coefficient (Wildman–Crippen LogP) is 4.94. The molecule has 1 fully saturated rings. The van der Waals surface area contributed by atoms with Gasteiger partial charge in [-0.1, -0.05) is 47.7 Å². The molecule has 1 aliphatic rings. The van der Waals surface area contributed by atoms with E-state index in [1.807, 2.05) is 13.8 Å². The molecule has 0 radical (unpaired) electrons. The molecule has 1 unspecified atom stereocenters. The maximum atomic E-state index is 12.7. The van der Waals surface area contributed by atoms with E-state index in [9.17, 15) is 20.1 Å². The summed E-state index contributed by atoms with van der Waals surface area (Å²) in [6.45, 7) is 3.66. The monoisotopic (exact) mass is 479 g/mol. The highest BCUT2D eigenvalue weighted by Gasteiger charge is 2.50. The van der Waals surface area contributed by atoms with Crippen molar-refractivity contribution in [3.05, 3.63) is 69.2 Å². The summed E-state index contributed by atoms with van der Waals surface area (Å²) in [5.74, 6) is 0. The first-order valence-electron chi connectivity index (χ1n) is 8.94. The Morgan fingerprint density at radius 2 is 1.94 bits per heavy atom. The molecule has 0 spiro atoms. The second-order valence-electron chi connectivity index (χ2n) is 7.06. The minimum atomic E-state index is -0.897. The molecule has 9 nitrogen and oxygen atoms in total. The van der Waals surface area contributed by atoms with Crippen molar-refractivity contribution in [1.29, 1.82) is 0 Å².